The maximum atomic E-state index is 12.8. The Morgan fingerprint density at radius 3 is 2.29 bits per heavy atom. The first kappa shape index (κ1) is 23.3. The lowest BCUT2D eigenvalue weighted by atomic mass is 10.1. The smallest absolute Gasteiger partial charge is 0.261 e. The first-order valence-electron chi connectivity index (χ1n) is 10.9. The predicted octanol–water partition coefficient (Wildman–Crippen LogP) is 4.28. The van der Waals surface area contributed by atoms with Gasteiger partial charge in [-0.3, -0.25) is 14.2 Å². The molecule has 1 amide bonds. The average molecular weight is 475 g/mol. The molecule has 0 fully saturated rings. The van der Waals surface area contributed by atoms with E-state index in [-0.39, 0.29) is 10.8 Å². The quantitative estimate of drug-likeness (QED) is 0.399. The molecule has 34 heavy (non-hydrogen) atoms. The molecule has 0 aliphatic rings. The summed E-state index contributed by atoms with van der Waals surface area (Å²) < 4.78 is 29.6. The number of hydrogen-bond donors (Lipinski definition) is 2. The molecule has 174 valence electrons. The van der Waals surface area contributed by atoms with E-state index in [0.29, 0.717) is 24.3 Å². The molecule has 3 aromatic carbocycles. The topological polar surface area (TPSA) is 93.1 Å². The fourth-order valence-corrected chi connectivity index (χ4v) is 4.78. The molecule has 0 saturated heterocycles. The zero-order valence-electron chi connectivity index (χ0n) is 19.0. The molecule has 7 nitrogen and oxygen atoms in total. The van der Waals surface area contributed by atoms with Crippen molar-refractivity contribution in [2.24, 2.45) is 0 Å². The summed E-state index contributed by atoms with van der Waals surface area (Å²) >= 11 is 0. The van der Waals surface area contributed by atoms with Crippen LogP contribution in [0.15, 0.2) is 89.8 Å². The van der Waals surface area contributed by atoms with E-state index in [9.17, 15) is 13.2 Å². The standard InChI is InChI=1S/C26H26N4O3S/c1-19-25(20(2)30(28-19)18-21-10-5-3-6-11-21)17-27-26(31)22-12-9-13-23(16-22)29-34(32,33)24-14-7-4-8-15-24/h3-16,29H,17-18H2,1-2H3,(H,27,31). The van der Waals surface area contributed by atoms with E-state index in [2.05, 4.69) is 27.3 Å². The van der Waals surface area contributed by atoms with Gasteiger partial charge in [0.25, 0.3) is 15.9 Å². The minimum atomic E-state index is -3.74. The maximum Gasteiger partial charge on any atom is 0.261 e. The molecule has 0 spiro atoms. The van der Waals surface area contributed by atoms with Gasteiger partial charge in [-0.1, -0.05) is 54.6 Å². The number of carbonyl (C=O) groups excluding carboxylic acids is 1. The van der Waals surface area contributed by atoms with Gasteiger partial charge in [0.1, 0.15) is 0 Å². The Morgan fingerprint density at radius 1 is 0.912 bits per heavy atom. The summed E-state index contributed by atoms with van der Waals surface area (Å²) in [4.78, 5) is 13.0. The van der Waals surface area contributed by atoms with Crippen LogP contribution in [-0.4, -0.2) is 24.1 Å². The summed E-state index contributed by atoms with van der Waals surface area (Å²) in [6.45, 7) is 4.90. The highest BCUT2D eigenvalue weighted by molar-refractivity contribution is 7.92. The van der Waals surface area contributed by atoms with E-state index >= 15 is 0 Å². The molecule has 4 aromatic rings. The first-order chi connectivity index (χ1) is 16.3. The molecule has 8 heteroatoms. The van der Waals surface area contributed by atoms with Crippen molar-refractivity contribution in [2.75, 3.05) is 4.72 Å². The largest absolute Gasteiger partial charge is 0.348 e. The number of carbonyl (C=O) groups is 1. The molecule has 4 rings (SSSR count). The van der Waals surface area contributed by atoms with E-state index < -0.39 is 10.0 Å². The van der Waals surface area contributed by atoms with Crippen LogP contribution in [0.2, 0.25) is 0 Å². The average Bonchev–Trinajstić information content (AvgIpc) is 3.10. The highest BCUT2D eigenvalue weighted by atomic mass is 32.2. The van der Waals surface area contributed by atoms with E-state index in [1.54, 1.807) is 36.4 Å². The van der Waals surface area contributed by atoms with E-state index in [1.165, 1.54) is 18.2 Å². The van der Waals surface area contributed by atoms with Gasteiger partial charge < -0.3 is 5.32 Å². The summed E-state index contributed by atoms with van der Waals surface area (Å²) in [5.74, 6) is -0.296. The minimum absolute atomic E-state index is 0.156. The normalized spacial score (nSPS) is 11.2. The highest BCUT2D eigenvalue weighted by Crippen LogP contribution is 2.18. The van der Waals surface area contributed by atoms with Crippen molar-refractivity contribution < 1.29 is 13.2 Å². The monoisotopic (exact) mass is 474 g/mol. The van der Waals surface area contributed by atoms with Crippen molar-refractivity contribution in [1.82, 2.24) is 15.1 Å². The number of nitrogens with zero attached hydrogens (tertiary/aromatic N) is 2. The number of nitrogens with one attached hydrogen (secondary N) is 2. The molecule has 0 saturated carbocycles. The van der Waals surface area contributed by atoms with Gasteiger partial charge in [-0.05, 0) is 49.7 Å². The molecule has 1 aromatic heterocycles. The van der Waals surface area contributed by atoms with Gasteiger partial charge >= 0.3 is 0 Å². The van der Waals surface area contributed by atoms with Crippen LogP contribution in [0, 0.1) is 13.8 Å². The van der Waals surface area contributed by atoms with Crippen LogP contribution < -0.4 is 10.0 Å². The Hall–Kier alpha value is -3.91. The fourth-order valence-electron chi connectivity index (χ4n) is 3.71. The van der Waals surface area contributed by atoms with Gasteiger partial charge in [0.2, 0.25) is 0 Å². The van der Waals surface area contributed by atoms with Gasteiger partial charge in [0, 0.05) is 29.1 Å². The second kappa shape index (κ2) is 9.93. The van der Waals surface area contributed by atoms with Gasteiger partial charge in [-0.15, -0.1) is 0 Å². The number of aromatic nitrogens is 2. The number of hydrogen-bond acceptors (Lipinski definition) is 4. The van der Waals surface area contributed by atoms with Crippen LogP contribution in [0.1, 0.15) is 32.9 Å². The molecular weight excluding hydrogens is 448 g/mol. The van der Waals surface area contributed by atoms with Crippen molar-refractivity contribution >= 4 is 21.6 Å². The lowest BCUT2D eigenvalue weighted by molar-refractivity contribution is 0.0951. The number of sulfonamides is 1. The summed E-state index contributed by atoms with van der Waals surface area (Å²) in [7, 11) is -3.74. The summed E-state index contributed by atoms with van der Waals surface area (Å²) in [6, 6.07) is 24.6. The zero-order valence-corrected chi connectivity index (χ0v) is 19.8. The molecule has 0 bridgehead atoms. The van der Waals surface area contributed by atoms with Crippen LogP contribution in [0.3, 0.4) is 0 Å². The highest BCUT2D eigenvalue weighted by Gasteiger charge is 2.16. The first-order valence-corrected chi connectivity index (χ1v) is 12.3. The fraction of sp³-hybridized carbons (Fsp3) is 0.154. The second-order valence-corrected chi connectivity index (χ2v) is 9.66. The third-order valence-corrected chi connectivity index (χ3v) is 6.96. The van der Waals surface area contributed by atoms with Gasteiger partial charge in [-0.2, -0.15) is 5.10 Å². The van der Waals surface area contributed by atoms with Crippen molar-refractivity contribution in [3.63, 3.8) is 0 Å². The molecule has 2 N–H and O–H groups in total. The summed E-state index contributed by atoms with van der Waals surface area (Å²) in [5.41, 5.74) is 4.65. The summed E-state index contributed by atoms with van der Waals surface area (Å²) in [6.07, 6.45) is 0. The molecule has 0 unspecified atom stereocenters. The summed E-state index contributed by atoms with van der Waals surface area (Å²) in [5, 5.41) is 7.55. The number of benzene rings is 3. The van der Waals surface area contributed by atoms with E-state index in [1.807, 2.05) is 36.7 Å². The van der Waals surface area contributed by atoms with Crippen molar-refractivity contribution in [2.45, 2.75) is 31.8 Å². The molecule has 0 aliphatic heterocycles. The van der Waals surface area contributed by atoms with Gasteiger partial charge in [0.05, 0.1) is 17.1 Å². The molecule has 0 radical (unpaired) electrons. The third-order valence-electron chi connectivity index (χ3n) is 5.56. The number of rotatable bonds is 8. The lowest BCUT2D eigenvalue weighted by Gasteiger charge is -2.10. The van der Waals surface area contributed by atoms with Crippen molar-refractivity contribution in [3.8, 4) is 0 Å². The van der Waals surface area contributed by atoms with Crippen LogP contribution in [-0.2, 0) is 23.1 Å². The van der Waals surface area contributed by atoms with Crippen LogP contribution >= 0.6 is 0 Å². The van der Waals surface area contributed by atoms with Crippen LogP contribution in [0.4, 0.5) is 5.69 Å². The Kier molecular flexibility index (Phi) is 6.79. The van der Waals surface area contributed by atoms with Crippen molar-refractivity contribution in [1.29, 1.82) is 0 Å². The Bertz CT molecular complexity index is 1400. The second-order valence-electron chi connectivity index (χ2n) is 7.97. The van der Waals surface area contributed by atoms with Crippen LogP contribution in [0.5, 0.6) is 0 Å². The maximum absolute atomic E-state index is 12.8. The van der Waals surface area contributed by atoms with E-state index in [4.69, 9.17) is 0 Å². The Morgan fingerprint density at radius 2 is 1.59 bits per heavy atom. The van der Waals surface area contributed by atoms with Gasteiger partial charge in [-0.25, -0.2) is 8.42 Å². The molecular formula is C26H26N4O3S. The molecule has 0 aliphatic carbocycles. The lowest BCUT2D eigenvalue weighted by Crippen LogP contribution is -2.23. The number of aryl methyl sites for hydroxylation is 1. The van der Waals surface area contributed by atoms with Gasteiger partial charge in [0.15, 0.2) is 0 Å². The SMILES string of the molecule is Cc1nn(Cc2ccccc2)c(C)c1CNC(=O)c1cccc(NS(=O)(=O)c2ccccc2)c1. The molecule has 1 heterocycles. The third kappa shape index (κ3) is 5.35. The van der Waals surface area contributed by atoms with Crippen molar-refractivity contribution in [3.05, 3.63) is 113 Å². The Labute approximate surface area is 199 Å². The molecule has 0 atom stereocenters. The Balaban J connectivity index is 1.44. The van der Waals surface area contributed by atoms with Crippen LogP contribution in [0.25, 0.3) is 0 Å². The number of amides is 1. The minimum Gasteiger partial charge on any atom is -0.348 e. The number of anilines is 1. The predicted molar refractivity (Wildman–Crippen MR) is 132 cm³/mol. The zero-order chi connectivity index (χ0) is 24.1. The van der Waals surface area contributed by atoms with E-state index in [0.717, 1.165) is 22.5 Å².